The van der Waals surface area contributed by atoms with E-state index in [9.17, 15) is 19.2 Å². The molecule has 0 N–H and O–H groups in total. The van der Waals surface area contributed by atoms with Crippen LogP contribution in [-0.4, -0.2) is 52.3 Å². The molecule has 0 aliphatic heterocycles. The number of rotatable bonds is 11. The Morgan fingerprint density at radius 1 is 0.774 bits per heavy atom. The molecule has 1 aromatic rings. The van der Waals surface area contributed by atoms with Gasteiger partial charge in [0.05, 0.1) is 50.7 Å². The number of hydrogen-bond acceptors (Lipinski definition) is 8. The molecule has 1 rings (SSSR count). The molecule has 8 nitrogen and oxygen atoms in total. The van der Waals surface area contributed by atoms with Crippen LogP contribution < -0.4 is 0 Å². The minimum absolute atomic E-state index is 0.141. The molecule has 0 saturated heterocycles. The Morgan fingerprint density at radius 2 is 1.29 bits per heavy atom. The Morgan fingerprint density at radius 3 is 1.81 bits per heavy atom. The van der Waals surface area contributed by atoms with Crippen molar-refractivity contribution in [1.29, 1.82) is 0 Å². The monoisotopic (exact) mass is 432 g/mol. The summed E-state index contributed by atoms with van der Waals surface area (Å²) in [6.07, 6.45) is 5.13. The van der Waals surface area contributed by atoms with E-state index in [1.54, 1.807) is 6.08 Å². The van der Waals surface area contributed by atoms with Gasteiger partial charge in [-0.2, -0.15) is 0 Å². The zero-order valence-electron chi connectivity index (χ0n) is 18.4. The van der Waals surface area contributed by atoms with Gasteiger partial charge in [-0.25, -0.2) is 19.2 Å². The number of ether oxygens (including phenoxy) is 4. The van der Waals surface area contributed by atoms with Gasteiger partial charge in [-0.15, -0.1) is 0 Å². The first-order valence-electron chi connectivity index (χ1n) is 9.60. The van der Waals surface area contributed by atoms with Crippen molar-refractivity contribution in [3.8, 4) is 0 Å². The molecule has 0 spiro atoms. The Balaban J connectivity index is 3.60. The average molecular weight is 432 g/mol. The maximum atomic E-state index is 12.6. The van der Waals surface area contributed by atoms with Crippen LogP contribution in [0.4, 0.5) is 0 Å². The predicted octanol–water partition coefficient (Wildman–Crippen LogP) is 3.68. The van der Waals surface area contributed by atoms with Crippen molar-refractivity contribution in [3.63, 3.8) is 0 Å². The van der Waals surface area contributed by atoms with Gasteiger partial charge < -0.3 is 18.9 Å². The smallest absolute Gasteiger partial charge is 0.339 e. The average Bonchev–Trinajstić information content (AvgIpc) is 2.80. The van der Waals surface area contributed by atoms with Gasteiger partial charge in [0.25, 0.3) is 0 Å². The lowest BCUT2D eigenvalue weighted by molar-refractivity contribution is 0.0520. The van der Waals surface area contributed by atoms with E-state index in [1.165, 1.54) is 6.07 Å². The number of allylic oxidation sites excluding steroid dienone is 2. The highest BCUT2D eigenvalue weighted by atomic mass is 16.5. The van der Waals surface area contributed by atoms with E-state index < -0.39 is 29.4 Å². The molecule has 0 radical (unpaired) electrons. The molecule has 0 aliphatic carbocycles. The third-order valence-electron chi connectivity index (χ3n) is 4.72. The van der Waals surface area contributed by atoms with Crippen LogP contribution in [-0.2, 0) is 25.4 Å². The highest BCUT2D eigenvalue weighted by molar-refractivity contribution is 6.15. The van der Waals surface area contributed by atoms with Gasteiger partial charge in [-0.05, 0) is 37.3 Å². The van der Waals surface area contributed by atoms with Crippen LogP contribution in [0.2, 0.25) is 0 Å². The van der Waals surface area contributed by atoms with Crippen molar-refractivity contribution in [3.05, 3.63) is 58.7 Å². The molecule has 0 aliphatic rings. The first-order valence-corrected chi connectivity index (χ1v) is 9.60. The Bertz CT molecular complexity index is 882. The fraction of sp³-hybridized carbons (Fsp3) is 0.391. The molecule has 0 fully saturated rings. The minimum Gasteiger partial charge on any atom is -0.465 e. The topological polar surface area (TPSA) is 105 Å². The van der Waals surface area contributed by atoms with Gasteiger partial charge in [-0.3, -0.25) is 0 Å². The Kier molecular flexibility index (Phi) is 10.2. The van der Waals surface area contributed by atoms with Gasteiger partial charge in [0.15, 0.2) is 0 Å². The number of aryl methyl sites for hydroxylation is 1. The number of hydrogen-bond donors (Lipinski definition) is 0. The number of carbonyl (C=O) groups is 4. The summed E-state index contributed by atoms with van der Waals surface area (Å²) in [5.41, 5.74) is 0.156. The van der Waals surface area contributed by atoms with Gasteiger partial charge in [0.1, 0.15) is 0 Å². The zero-order valence-corrected chi connectivity index (χ0v) is 18.4. The third kappa shape index (κ3) is 6.28. The summed E-state index contributed by atoms with van der Waals surface area (Å²) in [6.45, 7) is 7.54. The van der Waals surface area contributed by atoms with Crippen LogP contribution in [0.3, 0.4) is 0 Å². The number of carbonyl (C=O) groups excluding carboxylic acids is 4. The quantitative estimate of drug-likeness (QED) is 0.226. The van der Waals surface area contributed by atoms with Crippen LogP contribution in [0.1, 0.15) is 72.7 Å². The van der Waals surface area contributed by atoms with E-state index >= 15 is 0 Å². The molecular weight excluding hydrogens is 404 g/mol. The van der Waals surface area contributed by atoms with Crippen LogP contribution in [0, 0.1) is 0 Å². The van der Waals surface area contributed by atoms with Crippen LogP contribution in [0.5, 0.6) is 0 Å². The summed E-state index contributed by atoms with van der Waals surface area (Å²) in [4.78, 5) is 50.0. The lowest BCUT2D eigenvalue weighted by Crippen LogP contribution is -2.24. The SMILES string of the molecule is C=CC(=C)CCCCCc1cc(C(=O)OC)c(C(=O)OC)c(C(=O)OC)c1C(=O)OC. The molecule has 0 unspecified atom stereocenters. The first kappa shape index (κ1) is 25.6. The van der Waals surface area contributed by atoms with Crippen LogP contribution >= 0.6 is 0 Å². The molecule has 8 heteroatoms. The molecule has 0 saturated carbocycles. The van der Waals surface area contributed by atoms with Gasteiger partial charge >= 0.3 is 23.9 Å². The van der Waals surface area contributed by atoms with E-state index in [-0.39, 0.29) is 16.7 Å². The van der Waals surface area contributed by atoms with E-state index in [0.717, 1.165) is 53.3 Å². The largest absolute Gasteiger partial charge is 0.465 e. The van der Waals surface area contributed by atoms with E-state index in [2.05, 4.69) is 13.2 Å². The van der Waals surface area contributed by atoms with Crippen molar-refractivity contribution in [2.24, 2.45) is 0 Å². The normalized spacial score (nSPS) is 10.1. The molecule has 0 bridgehead atoms. The molecule has 1 aromatic carbocycles. The molecule has 0 heterocycles. The van der Waals surface area contributed by atoms with Crippen molar-refractivity contribution >= 4 is 23.9 Å². The highest BCUT2D eigenvalue weighted by Crippen LogP contribution is 2.28. The second-order valence-corrected chi connectivity index (χ2v) is 6.60. The summed E-state index contributed by atoms with van der Waals surface area (Å²) >= 11 is 0. The van der Waals surface area contributed by atoms with Crippen LogP contribution in [0.15, 0.2) is 30.9 Å². The molecule has 31 heavy (non-hydrogen) atoms. The summed E-state index contributed by atoms with van der Waals surface area (Å²) < 4.78 is 19.1. The summed E-state index contributed by atoms with van der Waals surface area (Å²) in [7, 11) is 4.48. The van der Waals surface area contributed by atoms with E-state index in [1.807, 2.05) is 0 Å². The van der Waals surface area contributed by atoms with Crippen molar-refractivity contribution in [1.82, 2.24) is 0 Å². The number of unbranched alkanes of at least 4 members (excludes halogenated alkanes) is 2. The van der Waals surface area contributed by atoms with Crippen molar-refractivity contribution < 1.29 is 38.1 Å². The second kappa shape index (κ2) is 12.3. The lowest BCUT2D eigenvalue weighted by Gasteiger charge is -2.18. The molecule has 0 aromatic heterocycles. The minimum atomic E-state index is -0.986. The molecule has 168 valence electrons. The number of benzene rings is 1. The van der Waals surface area contributed by atoms with E-state index in [0.29, 0.717) is 18.4 Å². The standard InChI is InChI=1S/C23H28O8/c1-7-14(2)11-9-8-10-12-15-13-16(20(24)28-3)18(22(26)30-5)19(23(27)31-6)17(15)21(25)29-4/h7,13H,1-2,8-12H2,3-6H3. The highest BCUT2D eigenvalue weighted by Gasteiger charge is 2.34. The zero-order chi connectivity index (χ0) is 23.6. The first-order chi connectivity index (χ1) is 14.8. The van der Waals surface area contributed by atoms with Crippen molar-refractivity contribution in [2.45, 2.75) is 32.1 Å². The van der Waals surface area contributed by atoms with E-state index in [4.69, 9.17) is 18.9 Å². The van der Waals surface area contributed by atoms with Crippen LogP contribution in [0.25, 0.3) is 0 Å². The summed E-state index contributed by atoms with van der Waals surface area (Å²) in [5, 5.41) is 0. The predicted molar refractivity (Wildman–Crippen MR) is 113 cm³/mol. The molecule has 0 amide bonds. The van der Waals surface area contributed by atoms with Crippen molar-refractivity contribution in [2.75, 3.05) is 28.4 Å². The Hall–Kier alpha value is -3.42. The van der Waals surface area contributed by atoms with Gasteiger partial charge in [0, 0.05) is 0 Å². The third-order valence-corrected chi connectivity index (χ3v) is 4.72. The molecular formula is C23H28O8. The lowest BCUT2D eigenvalue weighted by atomic mass is 9.88. The maximum absolute atomic E-state index is 12.6. The number of methoxy groups -OCH3 is 4. The maximum Gasteiger partial charge on any atom is 0.339 e. The fourth-order valence-electron chi connectivity index (χ4n) is 3.11. The molecule has 0 atom stereocenters. The second-order valence-electron chi connectivity index (χ2n) is 6.60. The van der Waals surface area contributed by atoms with Gasteiger partial charge in [0.2, 0.25) is 0 Å². The number of esters is 4. The summed E-state index contributed by atoms with van der Waals surface area (Å²) in [5.74, 6) is -3.65. The van der Waals surface area contributed by atoms with Gasteiger partial charge in [-0.1, -0.05) is 31.2 Å². The Labute approximate surface area is 181 Å². The fourth-order valence-corrected chi connectivity index (χ4v) is 3.11. The summed E-state index contributed by atoms with van der Waals surface area (Å²) in [6, 6.07) is 1.36.